The van der Waals surface area contributed by atoms with Crippen LogP contribution in [-0.2, 0) is 0 Å². The van der Waals surface area contributed by atoms with Crippen LogP contribution in [0.4, 0.5) is 5.69 Å². The van der Waals surface area contributed by atoms with Gasteiger partial charge in [0.1, 0.15) is 5.75 Å². The number of phenolic OH excluding ortho intramolecular Hbond substituents is 1. The molecule has 1 aromatic rings. The van der Waals surface area contributed by atoms with Crippen molar-refractivity contribution < 1.29 is 10.0 Å². The van der Waals surface area contributed by atoms with Crippen LogP contribution in [0.25, 0.3) is 0 Å². The van der Waals surface area contributed by atoms with Crippen molar-refractivity contribution in [3.8, 4) is 5.75 Å². The molecule has 5 heteroatoms. The number of hydrogen-bond donors (Lipinski definition) is 1. The topological polar surface area (TPSA) is 75.7 Å². The molecule has 0 aliphatic heterocycles. The predicted octanol–water partition coefficient (Wildman–Crippen LogP) is 1.66. The minimum Gasteiger partial charge on any atom is -0.507 e. The summed E-state index contributed by atoms with van der Waals surface area (Å²) in [6.45, 7) is 1.61. The highest BCUT2D eigenvalue weighted by molar-refractivity contribution is 5.85. The first-order chi connectivity index (χ1) is 6.56. The van der Waals surface area contributed by atoms with Gasteiger partial charge in [0, 0.05) is 31.0 Å². The lowest BCUT2D eigenvalue weighted by Gasteiger charge is -2.02. The second kappa shape index (κ2) is 3.87. The molecular formula is C9H10N2O3. The lowest BCUT2D eigenvalue weighted by Crippen LogP contribution is -1.93. The molecular weight excluding hydrogens is 184 g/mol. The summed E-state index contributed by atoms with van der Waals surface area (Å²) in [5.41, 5.74) is 0.781. The van der Waals surface area contributed by atoms with Crippen molar-refractivity contribution in [2.45, 2.75) is 6.92 Å². The Bertz CT molecular complexity index is 399. The van der Waals surface area contributed by atoms with E-state index in [0.29, 0.717) is 11.1 Å². The SMILES string of the molecule is CN=Cc1cc([N+](=O)[O-])cc(C)c1O. The standard InChI is InChI=1S/C9H10N2O3/c1-6-3-8(11(13)14)4-7(5-10-2)9(6)12/h3-5,12H,1-2H3. The van der Waals surface area contributed by atoms with E-state index in [-0.39, 0.29) is 11.4 Å². The van der Waals surface area contributed by atoms with Gasteiger partial charge in [-0.1, -0.05) is 0 Å². The molecule has 0 saturated heterocycles. The lowest BCUT2D eigenvalue weighted by molar-refractivity contribution is -0.384. The second-order valence-electron chi connectivity index (χ2n) is 2.84. The highest BCUT2D eigenvalue weighted by atomic mass is 16.6. The minimum absolute atomic E-state index is 0.0289. The van der Waals surface area contributed by atoms with Gasteiger partial charge < -0.3 is 5.11 Å². The van der Waals surface area contributed by atoms with Crippen LogP contribution >= 0.6 is 0 Å². The molecule has 0 aliphatic rings. The van der Waals surface area contributed by atoms with Gasteiger partial charge in [0.15, 0.2) is 0 Å². The molecule has 0 saturated carbocycles. The van der Waals surface area contributed by atoms with Gasteiger partial charge in [0.25, 0.3) is 5.69 Å². The van der Waals surface area contributed by atoms with Crippen LogP contribution in [0.3, 0.4) is 0 Å². The number of non-ortho nitro benzene ring substituents is 1. The smallest absolute Gasteiger partial charge is 0.270 e. The molecule has 1 N–H and O–H groups in total. The minimum atomic E-state index is -0.501. The highest BCUT2D eigenvalue weighted by Gasteiger charge is 2.11. The zero-order valence-corrected chi connectivity index (χ0v) is 7.89. The fraction of sp³-hybridized carbons (Fsp3) is 0.222. The molecule has 0 radical (unpaired) electrons. The number of rotatable bonds is 2. The molecule has 0 aliphatic carbocycles. The average Bonchev–Trinajstić information content (AvgIpc) is 2.12. The summed E-state index contributed by atoms with van der Waals surface area (Å²) in [6.07, 6.45) is 1.38. The van der Waals surface area contributed by atoms with Crippen LogP contribution < -0.4 is 0 Å². The largest absolute Gasteiger partial charge is 0.507 e. The molecule has 0 fully saturated rings. The van der Waals surface area contributed by atoms with Gasteiger partial charge in [-0.3, -0.25) is 15.1 Å². The molecule has 1 rings (SSSR count). The third-order valence-electron chi connectivity index (χ3n) is 1.79. The van der Waals surface area contributed by atoms with Gasteiger partial charge in [-0.25, -0.2) is 0 Å². The maximum absolute atomic E-state index is 10.5. The van der Waals surface area contributed by atoms with Crippen LogP contribution in [0.5, 0.6) is 5.75 Å². The third kappa shape index (κ3) is 1.87. The monoisotopic (exact) mass is 194 g/mol. The fourth-order valence-corrected chi connectivity index (χ4v) is 1.13. The van der Waals surface area contributed by atoms with Crippen molar-refractivity contribution in [2.75, 3.05) is 7.05 Å². The number of nitro benzene ring substituents is 1. The van der Waals surface area contributed by atoms with Crippen molar-refractivity contribution in [2.24, 2.45) is 4.99 Å². The lowest BCUT2D eigenvalue weighted by atomic mass is 10.1. The summed E-state index contributed by atoms with van der Waals surface area (Å²) in [4.78, 5) is 13.7. The second-order valence-corrected chi connectivity index (χ2v) is 2.84. The summed E-state index contributed by atoms with van der Waals surface area (Å²) in [6, 6.07) is 2.61. The van der Waals surface area contributed by atoms with Crippen LogP contribution in [0.15, 0.2) is 17.1 Å². The molecule has 0 bridgehead atoms. The summed E-state index contributed by atoms with van der Waals surface area (Å²) in [7, 11) is 1.54. The quantitative estimate of drug-likeness (QED) is 0.442. The van der Waals surface area contributed by atoms with Gasteiger partial charge >= 0.3 is 0 Å². The Kier molecular flexibility index (Phi) is 2.81. The Hall–Kier alpha value is -1.91. The Labute approximate surface area is 80.9 Å². The first kappa shape index (κ1) is 10.2. The molecule has 14 heavy (non-hydrogen) atoms. The molecule has 1 aromatic carbocycles. The number of benzene rings is 1. The predicted molar refractivity (Wildman–Crippen MR) is 53.0 cm³/mol. The molecule has 5 nitrogen and oxygen atoms in total. The van der Waals surface area contributed by atoms with E-state index in [1.165, 1.54) is 25.4 Å². The van der Waals surface area contributed by atoms with Crippen molar-refractivity contribution in [1.82, 2.24) is 0 Å². The van der Waals surface area contributed by atoms with Gasteiger partial charge in [-0.2, -0.15) is 0 Å². The van der Waals surface area contributed by atoms with E-state index in [9.17, 15) is 15.2 Å². The Morgan fingerprint density at radius 3 is 2.71 bits per heavy atom. The van der Waals surface area contributed by atoms with Crippen LogP contribution in [0.1, 0.15) is 11.1 Å². The number of phenols is 1. The summed E-state index contributed by atoms with van der Waals surface area (Å²) >= 11 is 0. The van der Waals surface area contributed by atoms with E-state index < -0.39 is 4.92 Å². The number of nitro groups is 1. The molecule has 0 atom stereocenters. The molecule has 0 unspecified atom stereocenters. The average molecular weight is 194 g/mol. The van der Waals surface area contributed by atoms with Gasteiger partial charge in [-0.05, 0) is 12.5 Å². The van der Waals surface area contributed by atoms with E-state index in [2.05, 4.69) is 4.99 Å². The number of aromatic hydroxyl groups is 1. The summed E-state index contributed by atoms with van der Waals surface area (Å²) in [5, 5.41) is 20.0. The molecule has 0 heterocycles. The Morgan fingerprint density at radius 1 is 1.57 bits per heavy atom. The summed E-state index contributed by atoms with van der Waals surface area (Å²) < 4.78 is 0. The van der Waals surface area contributed by atoms with E-state index in [4.69, 9.17) is 0 Å². The van der Waals surface area contributed by atoms with Crippen LogP contribution in [0, 0.1) is 17.0 Å². The number of aliphatic imine (C=N–C) groups is 1. The fourth-order valence-electron chi connectivity index (χ4n) is 1.13. The number of hydrogen-bond acceptors (Lipinski definition) is 4. The zero-order valence-electron chi connectivity index (χ0n) is 7.89. The van der Waals surface area contributed by atoms with E-state index in [0.717, 1.165) is 0 Å². The Balaban J connectivity index is 3.35. The summed E-state index contributed by atoms with van der Waals surface area (Å²) in [5.74, 6) is 0.0289. The maximum atomic E-state index is 10.5. The van der Waals surface area contributed by atoms with Crippen molar-refractivity contribution >= 4 is 11.9 Å². The first-order valence-electron chi connectivity index (χ1n) is 3.96. The molecule has 0 amide bonds. The Morgan fingerprint density at radius 2 is 2.21 bits per heavy atom. The number of aryl methyl sites for hydroxylation is 1. The zero-order chi connectivity index (χ0) is 10.7. The van der Waals surface area contributed by atoms with Gasteiger partial charge in [0.2, 0.25) is 0 Å². The van der Waals surface area contributed by atoms with Gasteiger partial charge in [-0.15, -0.1) is 0 Å². The van der Waals surface area contributed by atoms with E-state index in [1.54, 1.807) is 6.92 Å². The normalized spacial score (nSPS) is 10.7. The molecule has 74 valence electrons. The van der Waals surface area contributed by atoms with Gasteiger partial charge in [0.05, 0.1) is 4.92 Å². The van der Waals surface area contributed by atoms with Crippen LogP contribution in [0.2, 0.25) is 0 Å². The molecule has 0 aromatic heterocycles. The third-order valence-corrected chi connectivity index (χ3v) is 1.79. The maximum Gasteiger partial charge on any atom is 0.270 e. The van der Waals surface area contributed by atoms with Crippen molar-refractivity contribution in [3.63, 3.8) is 0 Å². The molecule has 0 spiro atoms. The first-order valence-corrected chi connectivity index (χ1v) is 3.96. The van der Waals surface area contributed by atoms with E-state index in [1.807, 2.05) is 0 Å². The number of nitrogens with zero attached hydrogens (tertiary/aromatic N) is 2. The van der Waals surface area contributed by atoms with Crippen molar-refractivity contribution in [1.29, 1.82) is 0 Å². The van der Waals surface area contributed by atoms with Crippen LogP contribution in [-0.4, -0.2) is 23.3 Å². The highest BCUT2D eigenvalue weighted by Crippen LogP contribution is 2.26. The van der Waals surface area contributed by atoms with E-state index >= 15 is 0 Å². The van der Waals surface area contributed by atoms with Crippen molar-refractivity contribution in [3.05, 3.63) is 33.4 Å².